The maximum absolute atomic E-state index is 13.7. The Bertz CT molecular complexity index is 558. The highest BCUT2D eigenvalue weighted by molar-refractivity contribution is 5.82. The molecule has 0 bridgehead atoms. The van der Waals surface area contributed by atoms with E-state index >= 15 is 0 Å². The number of amides is 1. The van der Waals surface area contributed by atoms with Crippen LogP contribution in [0.2, 0.25) is 0 Å². The van der Waals surface area contributed by atoms with Crippen LogP contribution in [0.3, 0.4) is 0 Å². The maximum Gasteiger partial charge on any atom is 0.223 e. The number of rotatable bonds is 6. The molecule has 2 N–H and O–H groups in total. The van der Waals surface area contributed by atoms with Gasteiger partial charge in [-0.2, -0.15) is 0 Å². The minimum Gasteiger partial charge on any atom is -0.393 e. The Morgan fingerprint density at radius 1 is 1.45 bits per heavy atom. The predicted molar refractivity (Wildman–Crippen MR) is 80.3 cm³/mol. The molecule has 0 radical (unpaired) electrons. The zero-order valence-corrected chi connectivity index (χ0v) is 13.2. The summed E-state index contributed by atoms with van der Waals surface area (Å²) in [4.78, 5) is 12.1. The summed E-state index contributed by atoms with van der Waals surface area (Å²) >= 11 is 0. The van der Waals surface area contributed by atoms with E-state index in [2.05, 4.69) is 5.32 Å². The van der Waals surface area contributed by atoms with Crippen molar-refractivity contribution in [3.8, 4) is 0 Å². The van der Waals surface area contributed by atoms with E-state index in [1.54, 1.807) is 6.92 Å². The number of benzene rings is 1. The van der Waals surface area contributed by atoms with Crippen LogP contribution in [0.1, 0.15) is 45.1 Å². The van der Waals surface area contributed by atoms with Crippen LogP contribution in [-0.2, 0) is 4.79 Å². The van der Waals surface area contributed by atoms with E-state index in [0.29, 0.717) is 24.9 Å². The van der Waals surface area contributed by atoms with Gasteiger partial charge in [0.05, 0.1) is 6.10 Å². The van der Waals surface area contributed by atoms with E-state index in [1.165, 1.54) is 12.1 Å². The number of halogens is 2. The van der Waals surface area contributed by atoms with E-state index in [-0.39, 0.29) is 23.2 Å². The van der Waals surface area contributed by atoms with Crippen LogP contribution in [0.4, 0.5) is 8.78 Å². The molecule has 122 valence electrons. The minimum atomic E-state index is -0.609. The van der Waals surface area contributed by atoms with Crippen LogP contribution in [0.25, 0.3) is 0 Å². The Hall–Kier alpha value is -1.49. The lowest BCUT2D eigenvalue weighted by atomic mass is 9.87. The van der Waals surface area contributed by atoms with Gasteiger partial charge in [0.15, 0.2) is 0 Å². The van der Waals surface area contributed by atoms with Crippen molar-refractivity contribution in [3.05, 3.63) is 35.4 Å². The summed E-state index contributed by atoms with van der Waals surface area (Å²) in [5.74, 6) is -1.72. The van der Waals surface area contributed by atoms with Gasteiger partial charge in [-0.25, -0.2) is 8.78 Å². The van der Waals surface area contributed by atoms with Gasteiger partial charge >= 0.3 is 0 Å². The molecule has 22 heavy (non-hydrogen) atoms. The van der Waals surface area contributed by atoms with Crippen molar-refractivity contribution in [1.82, 2.24) is 5.32 Å². The average Bonchev–Trinajstić information content (AvgIpc) is 3.14. The van der Waals surface area contributed by atoms with Crippen molar-refractivity contribution in [2.75, 3.05) is 6.54 Å². The van der Waals surface area contributed by atoms with E-state index in [1.807, 2.05) is 13.8 Å². The number of carbonyl (C=O) groups excluding carboxylic acids is 1. The fraction of sp³-hybridized carbons (Fsp3) is 0.588. The topological polar surface area (TPSA) is 49.3 Å². The second kappa shape index (κ2) is 6.32. The normalized spacial score (nSPS) is 22.3. The Balaban J connectivity index is 1.88. The summed E-state index contributed by atoms with van der Waals surface area (Å²) in [7, 11) is 0. The molecule has 2 rings (SSSR count). The van der Waals surface area contributed by atoms with Gasteiger partial charge in [-0.1, -0.05) is 19.9 Å². The number of carbonyl (C=O) groups is 1. The lowest BCUT2D eigenvalue weighted by Crippen LogP contribution is -2.36. The van der Waals surface area contributed by atoms with Gasteiger partial charge in [0, 0.05) is 18.5 Å². The standard InChI is InChI=1S/C17H23F2NO2/c1-10(21)8-17(2,3)9-20-16(22)14-7-13(14)12-5-4-11(18)6-15(12)19/h4-6,10,13-14,21H,7-9H2,1-3H3,(H,20,22). The summed E-state index contributed by atoms with van der Waals surface area (Å²) < 4.78 is 26.6. The Kier molecular flexibility index (Phi) is 4.85. The quantitative estimate of drug-likeness (QED) is 0.848. The van der Waals surface area contributed by atoms with Crippen LogP contribution >= 0.6 is 0 Å². The highest BCUT2D eigenvalue weighted by atomic mass is 19.1. The Morgan fingerprint density at radius 2 is 2.14 bits per heavy atom. The fourth-order valence-electron chi connectivity index (χ4n) is 2.96. The van der Waals surface area contributed by atoms with E-state index in [0.717, 1.165) is 6.07 Å². The van der Waals surface area contributed by atoms with Crippen molar-refractivity contribution in [2.24, 2.45) is 11.3 Å². The molecule has 3 unspecified atom stereocenters. The lowest BCUT2D eigenvalue weighted by molar-refractivity contribution is -0.123. The van der Waals surface area contributed by atoms with Gasteiger partial charge in [-0.3, -0.25) is 4.79 Å². The first-order chi connectivity index (χ1) is 10.2. The monoisotopic (exact) mass is 311 g/mol. The van der Waals surface area contributed by atoms with Gasteiger partial charge in [0.2, 0.25) is 5.91 Å². The van der Waals surface area contributed by atoms with Crippen LogP contribution < -0.4 is 5.32 Å². The molecule has 1 amide bonds. The molecule has 1 aromatic carbocycles. The largest absolute Gasteiger partial charge is 0.393 e. The third kappa shape index (κ3) is 4.26. The molecule has 0 aliphatic heterocycles. The molecular formula is C17H23F2NO2. The van der Waals surface area contributed by atoms with Gasteiger partial charge in [-0.05, 0) is 42.7 Å². The van der Waals surface area contributed by atoms with Gasteiger partial charge < -0.3 is 10.4 Å². The second-order valence-corrected chi connectivity index (χ2v) is 7.05. The van der Waals surface area contributed by atoms with E-state index in [9.17, 15) is 18.7 Å². The molecule has 0 aromatic heterocycles. The zero-order chi connectivity index (χ0) is 16.5. The lowest BCUT2D eigenvalue weighted by Gasteiger charge is -2.26. The van der Waals surface area contributed by atoms with Crippen LogP contribution in [0, 0.1) is 23.0 Å². The first-order valence-electron chi connectivity index (χ1n) is 7.60. The molecule has 0 spiro atoms. The summed E-state index contributed by atoms with van der Waals surface area (Å²) in [6.45, 7) is 6.14. The number of nitrogens with one attached hydrogen (secondary N) is 1. The molecular weight excluding hydrogens is 288 g/mol. The Labute approximate surface area is 129 Å². The number of hydrogen-bond donors (Lipinski definition) is 2. The summed E-state index contributed by atoms with van der Waals surface area (Å²) in [6, 6.07) is 3.49. The molecule has 5 heteroatoms. The van der Waals surface area contributed by atoms with Gasteiger partial charge in [0.25, 0.3) is 0 Å². The van der Waals surface area contributed by atoms with Crippen molar-refractivity contribution in [2.45, 2.75) is 45.6 Å². The second-order valence-electron chi connectivity index (χ2n) is 7.05. The molecule has 1 aromatic rings. The number of hydrogen-bond acceptors (Lipinski definition) is 2. The highest BCUT2D eigenvalue weighted by Crippen LogP contribution is 2.48. The smallest absolute Gasteiger partial charge is 0.223 e. The Morgan fingerprint density at radius 3 is 2.73 bits per heavy atom. The van der Waals surface area contributed by atoms with E-state index < -0.39 is 17.7 Å². The van der Waals surface area contributed by atoms with E-state index in [4.69, 9.17) is 0 Å². The molecule has 0 saturated heterocycles. The predicted octanol–water partition coefficient (Wildman–Crippen LogP) is 2.98. The summed E-state index contributed by atoms with van der Waals surface area (Å²) in [5.41, 5.74) is 0.208. The molecule has 3 atom stereocenters. The molecule has 3 nitrogen and oxygen atoms in total. The molecule has 1 aliphatic rings. The third-order valence-electron chi connectivity index (χ3n) is 4.08. The molecule has 0 heterocycles. The van der Waals surface area contributed by atoms with Crippen molar-refractivity contribution in [3.63, 3.8) is 0 Å². The average molecular weight is 311 g/mol. The first kappa shape index (κ1) is 16.9. The maximum atomic E-state index is 13.7. The van der Waals surface area contributed by atoms with Crippen molar-refractivity contribution in [1.29, 1.82) is 0 Å². The minimum absolute atomic E-state index is 0.104. The van der Waals surface area contributed by atoms with Crippen LogP contribution in [0.15, 0.2) is 18.2 Å². The summed E-state index contributed by atoms with van der Waals surface area (Å²) in [5, 5.41) is 12.3. The number of aliphatic hydroxyl groups is 1. The zero-order valence-electron chi connectivity index (χ0n) is 13.2. The van der Waals surface area contributed by atoms with Gasteiger partial charge in [-0.15, -0.1) is 0 Å². The third-order valence-corrected chi connectivity index (χ3v) is 4.08. The van der Waals surface area contributed by atoms with Crippen LogP contribution in [0.5, 0.6) is 0 Å². The molecule has 1 saturated carbocycles. The van der Waals surface area contributed by atoms with Crippen molar-refractivity contribution >= 4 is 5.91 Å². The summed E-state index contributed by atoms with van der Waals surface area (Å²) in [6.07, 6.45) is 0.757. The van der Waals surface area contributed by atoms with Crippen LogP contribution in [-0.4, -0.2) is 23.7 Å². The number of aliphatic hydroxyl groups excluding tert-OH is 1. The molecule has 1 aliphatic carbocycles. The SMILES string of the molecule is CC(O)CC(C)(C)CNC(=O)C1CC1c1ccc(F)cc1F. The molecule has 1 fully saturated rings. The highest BCUT2D eigenvalue weighted by Gasteiger charge is 2.45. The van der Waals surface area contributed by atoms with Gasteiger partial charge in [0.1, 0.15) is 11.6 Å². The first-order valence-corrected chi connectivity index (χ1v) is 7.60. The van der Waals surface area contributed by atoms with Crippen molar-refractivity contribution < 1.29 is 18.7 Å². The fourth-order valence-corrected chi connectivity index (χ4v) is 2.96.